The number of ketones is 1. The van der Waals surface area contributed by atoms with Crippen LogP contribution in [0.3, 0.4) is 0 Å². The normalized spacial score (nSPS) is 29.0. The molecule has 7 rings (SSSR count). The average molecular weight is 840 g/mol. The molecular formula is C40H46F5N3O9S. The van der Waals surface area contributed by atoms with Crippen LogP contribution >= 0.6 is 0 Å². The van der Waals surface area contributed by atoms with Crippen molar-refractivity contribution >= 4 is 44.5 Å². The number of pyridine rings is 1. The first-order valence-corrected chi connectivity index (χ1v) is 21.1. The van der Waals surface area contributed by atoms with Gasteiger partial charge in [0.05, 0.1) is 41.8 Å². The van der Waals surface area contributed by atoms with Crippen LogP contribution in [0.1, 0.15) is 95.2 Å². The van der Waals surface area contributed by atoms with Crippen molar-refractivity contribution in [3.63, 3.8) is 0 Å². The number of alkyl halides is 5. The van der Waals surface area contributed by atoms with Gasteiger partial charge in [0, 0.05) is 29.7 Å². The summed E-state index contributed by atoms with van der Waals surface area (Å²) in [7, 11) is -2.68. The largest absolute Gasteiger partial charge is 0.497 e. The molecule has 1 N–H and O–H groups in total. The van der Waals surface area contributed by atoms with Crippen LogP contribution in [0.4, 0.5) is 22.0 Å². The number of amides is 2. The number of aromatic nitrogens is 1. The van der Waals surface area contributed by atoms with E-state index in [2.05, 4.69) is 9.71 Å². The van der Waals surface area contributed by atoms with E-state index in [-0.39, 0.29) is 49.7 Å². The molecule has 12 nitrogen and oxygen atoms in total. The van der Waals surface area contributed by atoms with Gasteiger partial charge >= 0.3 is 12.1 Å². The smallest absolute Gasteiger partial charge is 0.437 e. The molecule has 3 fully saturated rings. The zero-order valence-electron chi connectivity index (χ0n) is 32.2. The third-order valence-electron chi connectivity index (χ3n) is 12.6. The molecule has 5 atom stereocenters. The van der Waals surface area contributed by atoms with Crippen molar-refractivity contribution in [1.82, 2.24) is 14.6 Å². The van der Waals surface area contributed by atoms with Gasteiger partial charge in [-0.15, -0.1) is 0 Å². The van der Waals surface area contributed by atoms with Gasteiger partial charge in [0.25, 0.3) is 6.43 Å². The van der Waals surface area contributed by atoms with E-state index in [9.17, 15) is 49.5 Å². The summed E-state index contributed by atoms with van der Waals surface area (Å²) in [5.74, 6) is -5.03. The number of carbonyl (C=O) groups excluding carboxylic acids is 4. The predicted octanol–water partition coefficient (Wildman–Crippen LogP) is 6.23. The lowest BCUT2D eigenvalue weighted by Gasteiger charge is -2.37. The lowest BCUT2D eigenvalue weighted by atomic mass is 9.85. The van der Waals surface area contributed by atoms with Gasteiger partial charge in [-0.05, 0) is 82.4 Å². The van der Waals surface area contributed by atoms with Crippen LogP contribution in [0.5, 0.6) is 11.5 Å². The zero-order chi connectivity index (χ0) is 41.8. The molecule has 1 aromatic heterocycles. The Morgan fingerprint density at radius 3 is 2.55 bits per heavy atom. The zero-order valence-corrected chi connectivity index (χ0v) is 33.0. The quantitative estimate of drug-likeness (QED) is 0.184. The molecule has 1 spiro atoms. The minimum Gasteiger partial charge on any atom is -0.497 e. The molecule has 2 aromatic rings. The minimum atomic E-state index is -4.96. The van der Waals surface area contributed by atoms with Gasteiger partial charge in [0.15, 0.2) is 23.8 Å². The molecule has 1 saturated heterocycles. The van der Waals surface area contributed by atoms with Gasteiger partial charge in [-0.25, -0.2) is 22.2 Å². The molecule has 316 valence electrons. The molecule has 18 heteroatoms. The van der Waals surface area contributed by atoms with E-state index in [0.29, 0.717) is 49.7 Å². The van der Waals surface area contributed by atoms with Crippen molar-refractivity contribution in [2.24, 2.45) is 17.3 Å². The molecule has 2 aliphatic carbocycles. The number of allylic oxidation sites excluding steroid dienone is 2. The molecule has 3 aliphatic heterocycles. The Hall–Kier alpha value is -4.35. The van der Waals surface area contributed by atoms with Gasteiger partial charge in [-0.1, -0.05) is 25.0 Å². The number of halogens is 5. The van der Waals surface area contributed by atoms with Gasteiger partial charge in [0.2, 0.25) is 21.8 Å². The predicted molar refractivity (Wildman–Crippen MR) is 197 cm³/mol. The minimum absolute atomic E-state index is 0.0345. The highest BCUT2D eigenvalue weighted by atomic mass is 32.2. The van der Waals surface area contributed by atoms with E-state index < -0.39 is 111 Å². The van der Waals surface area contributed by atoms with Crippen LogP contribution < -0.4 is 14.2 Å². The topological polar surface area (TPSA) is 158 Å². The Morgan fingerprint density at radius 1 is 1.10 bits per heavy atom. The fourth-order valence-electron chi connectivity index (χ4n) is 8.71. The number of hydrogen-bond donors (Lipinski definition) is 1. The van der Waals surface area contributed by atoms with Gasteiger partial charge in [0.1, 0.15) is 11.4 Å². The summed E-state index contributed by atoms with van der Waals surface area (Å²) in [6.07, 6.45) is -2.20. The summed E-state index contributed by atoms with van der Waals surface area (Å²) in [5, 5.41) is 0.371. The molecule has 2 amide bonds. The molecule has 2 saturated carbocycles. The molecule has 0 bridgehead atoms. The van der Waals surface area contributed by atoms with Gasteiger partial charge < -0.3 is 19.1 Å². The lowest BCUT2D eigenvalue weighted by molar-refractivity contribution is -0.153. The maximum Gasteiger partial charge on any atom is 0.437 e. The number of Topliss-reactive ketones (excluding diaryl/α,β-unsaturated/α-hetero) is 1. The molecule has 58 heavy (non-hydrogen) atoms. The van der Waals surface area contributed by atoms with Crippen molar-refractivity contribution < 1.29 is 63.8 Å². The Labute approximate surface area is 332 Å². The first-order valence-electron chi connectivity index (χ1n) is 19.6. The number of methoxy groups -OCH3 is 1. The molecule has 1 aromatic carbocycles. The number of fused-ring (bicyclic) bond motifs is 5. The van der Waals surface area contributed by atoms with Crippen molar-refractivity contribution in [1.29, 1.82) is 0 Å². The third-order valence-corrected chi connectivity index (χ3v) is 14.7. The van der Waals surface area contributed by atoms with Gasteiger partial charge in [-0.2, -0.15) is 13.2 Å². The van der Waals surface area contributed by atoms with E-state index >= 15 is 0 Å². The number of benzene rings is 1. The summed E-state index contributed by atoms with van der Waals surface area (Å²) in [6.45, 7) is -0.0226. The first-order chi connectivity index (χ1) is 27.3. The van der Waals surface area contributed by atoms with Crippen LogP contribution in [-0.4, -0.2) is 84.9 Å². The second-order valence-electron chi connectivity index (χ2n) is 16.7. The van der Waals surface area contributed by atoms with Crippen molar-refractivity contribution in [2.45, 2.75) is 119 Å². The number of nitrogens with zero attached hydrogens (tertiary/aromatic N) is 2. The highest BCUT2D eigenvalue weighted by Crippen LogP contribution is 2.58. The highest BCUT2D eigenvalue weighted by Gasteiger charge is 2.63. The van der Waals surface area contributed by atoms with Crippen LogP contribution in [0, 0.1) is 17.3 Å². The number of nitrogens with one attached hydrogen (secondary N) is 1. The number of hydrogen-bond acceptors (Lipinski definition) is 10. The summed E-state index contributed by atoms with van der Waals surface area (Å²) in [4.78, 5) is 61.1. The van der Waals surface area contributed by atoms with E-state index in [4.69, 9.17) is 14.2 Å². The maximum absolute atomic E-state index is 14.7. The summed E-state index contributed by atoms with van der Waals surface area (Å²) in [5.41, 5.74) is -4.02. The summed E-state index contributed by atoms with van der Waals surface area (Å²) >= 11 is 0. The fraction of sp³-hybridized carbons (Fsp3) is 0.625. The second kappa shape index (κ2) is 15.4. The Kier molecular flexibility index (Phi) is 11.1. The number of aryl methyl sites for hydroxylation is 1. The average Bonchev–Trinajstić information content (AvgIpc) is 4.06. The first kappa shape index (κ1) is 41.8. The van der Waals surface area contributed by atoms with Crippen LogP contribution in [0.2, 0.25) is 0 Å². The standard InChI is InChI=1S/C40H46F5N3O9S/c1-37(14-15-37)58(53,54)47-36(52)39-18-24(39)9-7-5-3-4-6-8-23(16-32(50)56-21-31(41)42)35(51)48-22-38(19-29(48)30(49)20-39)13-12-26-27-17-25(55-2)10-11-28(27)46-34(33(26)57-38)40(43,44)45/h7,9-11,17,23-24,29,31H,3-6,8,12-16,18-22H2,1-2H3,(H,47,52)/b9-7-/t23-,24-,29+,38-,39-/m1/s1. The molecule has 0 radical (unpaired) electrons. The Morgan fingerprint density at radius 2 is 1.86 bits per heavy atom. The SMILES string of the molecule is COc1ccc2nc(C(F)(F)F)c3c(c2c1)CC[C@]1(C[C@H]2C(=O)C[C@]4(C(=O)NS(=O)(=O)C5(C)CC5)C[C@H]4/C=C\CCCCC[C@H](CC(=O)OCC(F)F)C(=O)N2C1)O3. The lowest BCUT2D eigenvalue weighted by Crippen LogP contribution is -2.48. The number of ether oxygens (including phenoxy) is 3. The number of rotatable bonds is 8. The van der Waals surface area contributed by atoms with E-state index in [1.807, 2.05) is 6.08 Å². The van der Waals surface area contributed by atoms with Crippen LogP contribution in [-0.2, 0) is 46.5 Å². The second-order valence-corrected chi connectivity index (χ2v) is 18.9. The number of carbonyl (C=O) groups is 4. The van der Waals surface area contributed by atoms with Crippen molar-refractivity contribution in [3.8, 4) is 11.5 Å². The summed E-state index contributed by atoms with van der Waals surface area (Å²) < 4.78 is 114. The van der Waals surface area contributed by atoms with Gasteiger partial charge in [-0.3, -0.25) is 23.9 Å². The maximum atomic E-state index is 14.7. The monoisotopic (exact) mass is 839 g/mol. The van der Waals surface area contributed by atoms with Crippen LogP contribution in [0.15, 0.2) is 30.4 Å². The molecular weight excluding hydrogens is 794 g/mol. The molecule has 5 aliphatic rings. The number of esters is 1. The Bertz CT molecular complexity index is 2140. The summed E-state index contributed by atoms with van der Waals surface area (Å²) in [6, 6.07) is 3.10. The van der Waals surface area contributed by atoms with E-state index in [1.54, 1.807) is 12.1 Å². The van der Waals surface area contributed by atoms with E-state index in [1.165, 1.54) is 31.1 Å². The van der Waals surface area contributed by atoms with E-state index in [0.717, 1.165) is 0 Å². The third kappa shape index (κ3) is 8.13. The molecule has 0 unspecified atom stereocenters. The molecule has 4 heterocycles. The fourth-order valence-corrected chi connectivity index (χ4v) is 10.0. The Balaban J connectivity index is 1.26. The van der Waals surface area contributed by atoms with Crippen molar-refractivity contribution in [3.05, 3.63) is 41.6 Å². The number of sulfonamides is 1. The van der Waals surface area contributed by atoms with Crippen LogP contribution in [0.25, 0.3) is 10.9 Å². The highest BCUT2D eigenvalue weighted by molar-refractivity contribution is 7.91. The van der Waals surface area contributed by atoms with Crippen molar-refractivity contribution in [2.75, 3.05) is 20.3 Å².